The molecule has 0 bridgehead atoms. The molecule has 1 aromatic heterocycles. The molecule has 1 saturated heterocycles. The first-order valence-electron chi connectivity index (χ1n) is 9.55. The molecule has 3 rings (SSSR count). The molecule has 2 aromatic rings. The number of halogens is 1. The number of hydrazine groups is 1. The summed E-state index contributed by atoms with van der Waals surface area (Å²) in [5.74, 6) is -2.60. The van der Waals surface area contributed by atoms with Crippen LogP contribution in [-0.4, -0.2) is 70.2 Å². The number of nitrogens with zero attached hydrogens (tertiary/aromatic N) is 3. The lowest BCUT2D eigenvalue weighted by molar-refractivity contribution is -0.134. The van der Waals surface area contributed by atoms with Crippen LogP contribution in [0.2, 0.25) is 0 Å². The third-order valence-electron chi connectivity index (χ3n) is 4.71. The average molecular weight is 437 g/mol. The SMILES string of the molecule is CCN(C(=O)OC)N1CCC(c2noc3cc(F)ccc23)CC1.O=C(O)C=CC(=O)O. The van der Waals surface area contributed by atoms with Crippen molar-refractivity contribution in [3.8, 4) is 0 Å². The van der Waals surface area contributed by atoms with E-state index in [0.29, 0.717) is 24.3 Å². The molecule has 0 radical (unpaired) electrons. The molecule has 0 atom stereocenters. The number of methoxy groups -OCH3 is 1. The van der Waals surface area contributed by atoms with E-state index < -0.39 is 11.9 Å². The molecule has 168 valence electrons. The molecule has 1 aliphatic heterocycles. The number of ether oxygens (including phenoxy) is 1. The summed E-state index contributed by atoms with van der Waals surface area (Å²) in [5.41, 5.74) is 1.35. The van der Waals surface area contributed by atoms with Crippen LogP contribution in [0.4, 0.5) is 9.18 Å². The van der Waals surface area contributed by atoms with Gasteiger partial charge >= 0.3 is 18.0 Å². The van der Waals surface area contributed by atoms with Gasteiger partial charge in [0.25, 0.3) is 0 Å². The van der Waals surface area contributed by atoms with Crippen molar-refractivity contribution in [1.29, 1.82) is 0 Å². The number of hydrogen-bond donors (Lipinski definition) is 2. The number of rotatable bonds is 5. The monoisotopic (exact) mass is 437 g/mol. The molecule has 11 heteroatoms. The van der Waals surface area contributed by atoms with Crippen molar-refractivity contribution in [3.63, 3.8) is 0 Å². The molecule has 1 amide bonds. The fraction of sp³-hybridized carbons (Fsp3) is 0.400. The van der Waals surface area contributed by atoms with E-state index in [9.17, 15) is 18.8 Å². The van der Waals surface area contributed by atoms with Crippen LogP contribution in [0.25, 0.3) is 11.0 Å². The topological polar surface area (TPSA) is 133 Å². The number of piperidine rings is 1. The van der Waals surface area contributed by atoms with Crippen molar-refractivity contribution in [3.05, 3.63) is 41.9 Å². The summed E-state index contributed by atoms with van der Waals surface area (Å²) in [5, 5.41) is 24.2. The molecule has 2 heterocycles. The number of carboxylic acids is 2. The second-order valence-corrected chi connectivity index (χ2v) is 6.63. The Morgan fingerprint density at radius 3 is 2.39 bits per heavy atom. The second-order valence-electron chi connectivity index (χ2n) is 6.63. The first-order valence-corrected chi connectivity index (χ1v) is 9.55. The molecular weight excluding hydrogens is 413 g/mol. The van der Waals surface area contributed by atoms with E-state index in [1.165, 1.54) is 19.2 Å². The zero-order valence-corrected chi connectivity index (χ0v) is 17.2. The van der Waals surface area contributed by atoms with Crippen molar-refractivity contribution in [2.24, 2.45) is 0 Å². The Bertz CT molecular complexity index is 935. The Kier molecular flexibility index (Phi) is 8.50. The summed E-state index contributed by atoms with van der Waals surface area (Å²) in [4.78, 5) is 30.9. The Hall–Kier alpha value is -3.47. The van der Waals surface area contributed by atoms with Crippen LogP contribution in [0.15, 0.2) is 34.9 Å². The van der Waals surface area contributed by atoms with Gasteiger partial charge in [-0.05, 0) is 31.9 Å². The van der Waals surface area contributed by atoms with Gasteiger partial charge in [0.2, 0.25) is 0 Å². The molecular formula is C20H24FN3O7. The fourth-order valence-electron chi connectivity index (χ4n) is 3.30. The summed E-state index contributed by atoms with van der Waals surface area (Å²) < 4.78 is 23.3. The molecule has 0 spiro atoms. The van der Waals surface area contributed by atoms with Crippen LogP contribution in [0, 0.1) is 5.82 Å². The lowest BCUT2D eigenvalue weighted by atomic mass is 9.92. The Morgan fingerprint density at radius 2 is 1.87 bits per heavy atom. The summed E-state index contributed by atoms with van der Waals surface area (Å²) in [6, 6.07) is 4.50. The molecule has 1 aromatic carbocycles. The highest BCUT2D eigenvalue weighted by atomic mass is 19.1. The average Bonchev–Trinajstić information content (AvgIpc) is 3.16. The summed E-state index contributed by atoms with van der Waals surface area (Å²) >= 11 is 0. The number of carbonyl (C=O) groups is 3. The maximum absolute atomic E-state index is 13.2. The normalized spacial score (nSPS) is 14.8. The molecule has 1 fully saturated rings. The lowest BCUT2D eigenvalue weighted by Gasteiger charge is -2.37. The van der Waals surface area contributed by atoms with Gasteiger partial charge in [-0.25, -0.2) is 28.8 Å². The van der Waals surface area contributed by atoms with Crippen LogP contribution >= 0.6 is 0 Å². The Balaban J connectivity index is 0.000000366. The summed E-state index contributed by atoms with van der Waals surface area (Å²) in [7, 11) is 1.39. The maximum atomic E-state index is 13.2. The highest BCUT2D eigenvalue weighted by Crippen LogP contribution is 2.33. The summed E-state index contributed by atoms with van der Waals surface area (Å²) in [6.07, 6.45) is 2.48. The van der Waals surface area contributed by atoms with Crippen molar-refractivity contribution in [2.45, 2.75) is 25.7 Å². The highest BCUT2D eigenvalue weighted by Gasteiger charge is 2.29. The van der Waals surface area contributed by atoms with Gasteiger partial charge in [-0.1, -0.05) is 5.16 Å². The number of aliphatic carboxylic acids is 2. The quantitative estimate of drug-likeness (QED) is 0.677. The molecule has 2 N–H and O–H groups in total. The van der Waals surface area contributed by atoms with Crippen LogP contribution in [0.5, 0.6) is 0 Å². The maximum Gasteiger partial charge on any atom is 0.424 e. The number of amides is 1. The van der Waals surface area contributed by atoms with Gasteiger partial charge in [0.1, 0.15) is 5.82 Å². The van der Waals surface area contributed by atoms with Gasteiger partial charge < -0.3 is 19.5 Å². The first-order chi connectivity index (χ1) is 14.8. The van der Waals surface area contributed by atoms with Gasteiger partial charge in [0.05, 0.1) is 12.8 Å². The van der Waals surface area contributed by atoms with E-state index in [-0.39, 0.29) is 17.8 Å². The third-order valence-corrected chi connectivity index (χ3v) is 4.71. The van der Waals surface area contributed by atoms with Gasteiger partial charge in [-0.2, -0.15) is 0 Å². The summed E-state index contributed by atoms with van der Waals surface area (Å²) in [6.45, 7) is 3.97. The van der Waals surface area contributed by atoms with Crippen LogP contribution in [0.1, 0.15) is 31.4 Å². The first kappa shape index (κ1) is 23.8. The highest BCUT2D eigenvalue weighted by molar-refractivity contribution is 5.89. The van der Waals surface area contributed by atoms with E-state index in [2.05, 4.69) is 5.16 Å². The minimum absolute atomic E-state index is 0.245. The Labute approximate surface area is 177 Å². The van der Waals surface area contributed by atoms with Crippen molar-refractivity contribution < 1.29 is 38.2 Å². The lowest BCUT2D eigenvalue weighted by Crippen LogP contribution is -2.49. The van der Waals surface area contributed by atoms with Gasteiger partial charge in [-0.3, -0.25) is 0 Å². The van der Waals surface area contributed by atoms with E-state index in [4.69, 9.17) is 19.5 Å². The number of benzene rings is 1. The number of hydrogen-bond acceptors (Lipinski definition) is 7. The van der Waals surface area contributed by atoms with Crippen LogP contribution in [-0.2, 0) is 14.3 Å². The molecule has 0 saturated carbocycles. The van der Waals surface area contributed by atoms with E-state index >= 15 is 0 Å². The molecule has 10 nitrogen and oxygen atoms in total. The van der Waals surface area contributed by atoms with Crippen molar-refractivity contribution in [2.75, 3.05) is 26.7 Å². The van der Waals surface area contributed by atoms with Gasteiger partial charge in [0, 0.05) is 49.2 Å². The fourth-order valence-corrected chi connectivity index (χ4v) is 3.30. The number of fused-ring (bicyclic) bond motifs is 1. The predicted molar refractivity (Wildman–Crippen MR) is 107 cm³/mol. The number of aromatic nitrogens is 1. The number of carbonyl (C=O) groups excluding carboxylic acids is 1. The number of carboxylic acid groups (broad SMARTS) is 2. The zero-order chi connectivity index (χ0) is 23.0. The van der Waals surface area contributed by atoms with E-state index in [1.807, 2.05) is 11.9 Å². The van der Waals surface area contributed by atoms with E-state index in [0.717, 1.165) is 37.0 Å². The third kappa shape index (κ3) is 6.51. The van der Waals surface area contributed by atoms with Gasteiger partial charge in [-0.15, -0.1) is 0 Å². The Morgan fingerprint density at radius 1 is 1.26 bits per heavy atom. The minimum atomic E-state index is -1.26. The zero-order valence-electron chi connectivity index (χ0n) is 17.2. The van der Waals surface area contributed by atoms with Crippen molar-refractivity contribution >= 4 is 29.0 Å². The minimum Gasteiger partial charge on any atom is -0.478 e. The van der Waals surface area contributed by atoms with Crippen molar-refractivity contribution in [1.82, 2.24) is 15.2 Å². The van der Waals surface area contributed by atoms with Crippen LogP contribution < -0.4 is 0 Å². The second kappa shape index (κ2) is 11.1. The van der Waals surface area contributed by atoms with Gasteiger partial charge in [0.15, 0.2) is 5.58 Å². The van der Waals surface area contributed by atoms with E-state index in [1.54, 1.807) is 11.1 Å². The molecule has 31 heavy (non-hydrogen) atoms. The molecule has 1 aliphatic rings. The predicted octanol–water partition coefficient (Wildman–Crippen LogP) is 2.86. The molecule has 0 aliphatic carbocycles. The molecule has 0 unspecified atom stereocenters. The smallest absolute Gasteiger partial charge is 0.424 e. The standard InChI is InChI=1S/C16H20FN3O3.C4H4O4/c1-3-20(16(21)22-2)19-8-6-11(7-9-19)15-13-5-4-12(17)10-14(13)23-18-15;5-3(6)1-2-4(7)8/h4-5,10-11H,3,6-9H2,1-2H3;1-2H,(H,5,6)(H,7,8). The van der Waals surface area contributed by atoms with Crippen LogP contribution in [0.3, 0.4) is 0 Å². The largest absolute Gasteiger partial charge is 0.478 e.